The minimum Gasteiger partial charge on any atom is -0.477 e. The van der Waals surface area contributed by atoms with Crippen LogP contribution in [0.5, 0.6) is 0 Å². The van der Waals surface area contributed by atoms with Crippen molar-refractivity contribution in [2.75, 3.05) is 0 Å². The van der Waals surface area contributed by atoms with Crippen molar-refractivity contribution in [2.45, 2.75) is 10.8 Å². The maximum Gasteiger partial charge on any atom is 0.346 e. The zero-order valence-electron chi connectivity index (χ0n) is 8.59. The summed E-state index contributed by atoms with van der Waals surface area (Å²) >= 11 is 6.18. The molecule has 17 heavy (non-hydrogen) atoms. The zero-order chi connectivity index (χ0) is 12.3. The van der Waals surface area contributed by atoms with Crippen LogP contribution in [-0.4, -0.2) is 16.1 Å². The SMILES string of the molecule is O=C(O)c1sccc1CSc1ncccc1Br. The summed E-state index contributed by atoms with van der Waals surface area (Å²) in [6.07, 6.45) is 1.72. The summed E-state index contributed by atoms with van der Waals surface area (Å²) < 4.78 is 0.928. The van der Waals surface area contributed by atoms with Gasteiger partial charge in [0.05, 0.1) is 0 Å². The van der Waals surface area contributed by atoms with Crippen LogP contribution < -0.4 is 0 Å². The highest BCUT2D eigenvalue weighted by molar-refractivity contribution is 9.10. The molecule has 0 saturated carbocycles. The van der Waals surface area contributed by atoms with Crippen LogP contribution in [-0.2, 0) is 5.75 Å². The number of carboxylic acids is 1. The van der Waals surface area contributed by atoms with E-state index in [4.69, 9.17) is 5.11 Å². The maximum atomic E-state index is 10.9. The minimum atomic E-state index is -0.865. The number of rotatable bonds is 4. The van der Waals surface area contributed by atoms with Crippen molar-refractivity contribution in [1.82, 2.24) is 4.98 Å². The Balaban J connectivity index is 2.10. The number of halogens is 1. The highest BCUT2D eigenvalue weighted by atomic mass is 79.9. The lowest BCUT2D eigenvalue weighted by atomic mass is 10.3. The Morgan fingerprint density at radius 2 is 2.35 bits per heavy atom. The first-order valence-corrected chi connectivity index (χ1v) is 7.37. The van der Waals surface area contributed by atoms with E-state index in [1.54, 1.807) is 11.6 Å². The van der Waals surface area contributed by atoms with Crippen molar-refractivity contribution in [3.8, 4) is 0 Å². The predicted molar refractivity (Wildman–Crippen MR) is 72.8 cm³/mol. The Morgan fingerprint density at radius 1 is 1.53 bits per heavy atom. The fourth-order valence-corrected chi connectivity index (χ4v) is 3.59. The Bertz CT molecular complexity index is 542. The summed E-state index contributed by atoms with van der Waals surface area (Å²) in [5, 5.41) is 11.7. The normalized spacial score (nSPS) is 10.4. The summed E-state index contributed by atoms with van der Waals surface area (Å²) in [7, 11) is 0. The second-order valence-electron chi connectivity index (χ2n) is 3.16. The van der Waals surface area contributed by atoms with Crippen molar-refractivity contribution in [1.29, 1.82) is 0 Å². The fourth-order valence-electron chi connectivity index (χ4n) is 1.26. The molecule has 1 N–H and O–H groups in total. The number of aromatic nitrogens is 1. The number of carboxylic acid groups (broad SMARTS) is 1. The average Bonchev–Trinajstić information content (AvgIpc) is 2.76. The van der Waals surface area contributed by atoms with Crippen LogP contribution in [0.2, 0.25) is 0 Å². The minimum absolute atomic E-state index is 0.407. The van der Waals surface area contributed by atoms with E-state index in [0.29, 0.717) is 10.6 Å². The molecular weight excluding hydrogens is 322 g/mol. The van der Waals surface area contributed by atoms with Gasteiger partial charge in [0.2, 0.25) is 0 Å². The standard InChI is InChI=1S/C11H8BrNO2S2/c12-8-2-1-4-13-10(8)17-6-7-3-5-16-9(7)11(14)15/h1-5H,6H2,(H,14,15). The van der Waals surface area contributed by atoms with Crippen LogP contribution in [0.4, 0.5) is 0 Å². The summed E-state index contributed by atoms with van der Waals surface area (Å²) in [4.78, 5) is 15.6. The van der Waals surface area contributed by atoms with E-state index in [0.717, 1.165) is 15.1 Å². The highest BCUT2D eigenvalue weighted by Gasteiger charge is 2.12. The predicted octanol–water partition coefficient (Wildman–Crippen LogP) is 3.90. The molecule has 0 bridgehead atoms. The average molecular weight is 330 g/mol. The van der Waals surface area contributed by atoms with Crippen LogP contribution >= 0.6 is 39.0 Å². The van der Waals surface area contributed by atoms with Crippen molar-refractivity contribution in [2.24, 2.45) is 0 Å². The van der Waals surface area contributed by atoms with E-state index in [9.17, 15) is 4.79 Å². The third-order valence-electron chi connectivity index (χ3n) is 2.03. The molecule has 2 aromatic rings. The molecule has 0 saturated heterocycles. The van der Waals surface area contributed by atoms with E-state index in [1.807, 2.05) is 18.2 Å². The molecule has 2 aromatic heterocycles. The highest BCUT2D eigenvalue weighted by Crippen LogP contribution is 2.30. The number of thiophene rings is 1. The molecule has 0 amide bonds. The van der Waals surface area contributed by atoms with Gasteiger partial charge in [0, 0.05) is 16.4 Å². The monoisotopic (exact) mass is 329 g/mol. The third-order valence-corrected chi connectivity index (χ3v) is 4.93. The Morgan fingerprint density at radius 3 is 3.06 bits per heavy atom. The summed E-state index contributed by atoms with van der Waals surface area (Å²) in [5.41, 5.74) is 0.838. The number of aromatic carboxylic acids is 1. The van der Waals surface area contributed by atoms with Crippen LogP contribution in [0.25, 0.3) is 0 Å². The van der Waals surface area contributed by atoms with Gasteiger partial charge in [0.25, 0.3) is 0 Å². The first-order chi connectivity index (χ1) is 8.18. The molecule has 0 fully saturated rings. The molecule has 0 radical (unpaired) electrons. The topological polar surface area (TPSA) is 50.2 Å². The molecule has 0 aromatic carbocycles. The summed E-state index contributed by atoms with van der Waals surface area (Å²) in [6, 6.07) is 5.61. The van der Waals surface area contributed by atoms with Crippen LogP contribution in [0.1, 0.15) is 15.2 Å². The lowest BCUT2D eigenvalue weighted by Crippen LogP contribution is -1.96. The smallest absolute Gasteiger partial charge is 0.346 e. The van der Waals surface area contributed by atoms with Crippen LogP contribution in [0.3, 0.4) is 0 Å². The zero-order valence-corrected chi connectivity index (χ0v) is 11.8. The Hall–Kier alpha value is -0.850. The molecule has 2 heterocycles. The number of nitrogens with zero attached hydrogens (tertiary/aromatic N) is 1. The molecule has 0 aliphatic rings. The Labute approximate surface area is 115 Å². The van der Waals surface area contributed by atoms with Gasteiger partial charge in [-0.25, -0.2) is 9.78 Å². The molecule has 3 nitrogen and oxygen atoms in total. The molecule has 0 unspecified atom stereocenters. The van der Waals surface area contributed by atoms with E-state index in [1.165, 1.54) is 23.1 Å². The van der Waals surface area contributed by atoms with Crippen molar-refractivity contribution >= 4 is 45.0 Å². The van der Waals surface area contributed by atoms with Crippen molar-refractivity contribution < 1.29 is 9.90 Å². The van der Waals surface area contributed by atoms with Gasteiger partial charge in [0.15, 0.2) is 0 Å². The van der Waals surface area contributed by atoms with Gasteiger partial charge in [-0.3, -0.25) is 0 Å². The first kappa shape index (κ1) is 12.6. The van der Waals surface area contributed by atoms with Gasteiger partial charge in [-0.1, -0.05) is 0 Å². The lowest BCUT2D eigenvalue weighted by Gasteiger charge is -2.02. The van der Waals surface area contributed by atoms with Gasteiger partial charge >= 0.3 is 5.97 Å². The Kier molecular flexibility index (Phi) is 4.20. The quantitative estimate of drug-likeness (QED) is 0.864. The van der Waals surface area contributed by atoms with Gasteiger partial charge in [0.1, 0.15) is 9.90 Å². The summed E-state index contributed by atoms with van der Waals surface area (Å²) in [6.45, 7) is 0. The number of pyridine rings is 1. The fraction of sp³-hybridized carbons (Fsp3) is 0.0909. The van der Waals surface area contributed by atoms with E-state index >= 15 is 0 Å². The van der Waals surface area contributed by atoms with Gasteiger partial charge < -0.3 is 5.11 Å². The van der Waals surface area contributed by atoms with Gasteiger partial charge in [-0.2, -0.15) is 0 Å². The lowest BCUT2D eigenvalue weighted by molar-refractivity contribution is 0.0701. The molecule has 6 heteroatoms. The van der Waals surface area contributed by atoms with E-state index in [-0.39, 0.29) is 0 Å². The van der Waals surface area contributed by atoms with Gasteiger partial charge in [-0.05, 0) is 45.1 Å². The number of carbonyl (C=O) groups is 1. The van der Waals surface area contributed by atoms with Crippen LogP contribution in [0.15, 0.2) is 39.3 Å². The largest absolute Gasteiger partial charge is 0.477 e. The molecule has 0 atom stereocenters. The molecule has 88 valence electrons. The van der Waals surface area contributed by atoms with Crippen molar-refractivity contribution in [3.63, 3.8) is 0 Å². The second-order valence-corrected chi connectivity index (χ2v) is 5.89. The molecule has 0 aliphatic heterocycles. The second kappa shape index (κ2) is 5.66. The van der Waals surface area contributed by atoms with Crippen LogP contribution in [0, 0.1) is 0 Å². The summed E-state index contributed by atoms with van der Waals surface area (Å²) in [5.74, 6) is -0.253. The van der Waals surface area contributed by atoms with E-state index in [2.05, 4.69) is 20.9 Å². The maximum absolute atomic E-state index is 10.9. The number of hydrogen-bond donors (Lipinski definition) is 1. The third kappa shape index (κ3) is 3.08. The first-order valence-electron chi connectivity index (χ1n) is 4.71. The van der Waals surface area contributed by atoms with E-state index < -0.39 is 5.97 Å². The molecule has 0 aliphatic carbocycles. The number of hydrogen-bond acceptors (Lipinski definition) is 4. The molecular formula is C11H8BrNO2S2. The van der Waals surface area contributed by atoms with Crippen molar-refractivity contribution in [3.05, 3.63) is 44.7 Å². The molecule has 0 spiro atoms. The van der Waals surface area contributed by atoms with Gasteiger partial charge in [-0.15, -0.1) is 23.1 Å². The number of thioether (sulfide) groups is 1. The molecule has 2 rings (SSSR count).